The lowest BCUT2D eigenvalue weighted by Crippen LogP contribution is -2.49. The molecule has 0 aromatic carbocycles. The molecule has 0 aromatic heterocycles. The maximum atomic E-state index is 5.79. The first-order valence-electron chi connectivity index (χ1n) is 8.83. The Morgan fingerprint density at radius 1 is 1.21 bits per heavy atom. The number of rotatable bonds is 6. The third-order valence-corrected chi connectivity index (χ3v) is 4.37. The van der Waals surface area contributed by atoms with Gasteiger partial charge in [0.15, 0.2) is 5.96 Å². The average molecular weight is 455 g/mol. The molecule has 0 bridgehead atoms. The lowest BCUT2D eigenvalue weighted by atomic mass is 10.2. The van der Waals surface area contributed by atoms with Crippen LogP contribution in [0.4, 0.5) is 0 Å². The second-order valence-corrected chi connectivity index (χ2v) is 6.35. The van der Waals surface area contributed by atoms with Crippen LogP contribution in [0.25, 0.3) is 0 Å². The quantitative estimate of drug-likeness (QED) is 0.340. The fourth-order valence-corrected chi connectivity index (χ4v) is 2.90. The molecule has 8 heteroatoms. The summed E-state index contributed by atoms with van der Waals surface area (Å²) in [7, 11) is 2.14. The van der Waals surface area contributed by atoms with Crippen molar-refractivity contribution in [1.82, 2.24) is 20.4 Å². The van der Waals surface area contributed by atoms with E-state index in [0.717, 1.165) is 71.6 Å². The van der Waals surface area contributed by atoms with Crippen molar-refractivity contribution in [2.24, 2.45) is 4.99 Å². The molecule has 0 spiro atoms. The number of ether oxygens (including phenoxy) is 2. The molecule has 2 rings (SSSR count). The summed E-state index contributed by atoms with van der Waals surface area (Å²) >= 11 is 0. The predicted octanol–water partition coefficient (Wildman–Crippen LogP) is 0.211. The van der Waals surface area contributed by atoms with Crippen LogP contribution in [-0.4, -0.2) is 101 Å². The first-order valence-corrected chi connectivity index (χ1v) is 8.83. The van der Waals surface area contributed by atoms with Gasteiger partial charge in [0.25, 0.3) is 0 Å². The van der Waals surface area contributed by atoms with Gasteiger partial charge in [0.1, 0.15) is 0 Å². The molecule has 2 fully saturated rings. The van der Waals surface area contributed by atoms with Crippen molar-refractivity contribution < 1.29 is 9.47 Å². The highest BCUT2D eigenvalue weighted by atomic mass is 127. The minimum absolute atomic E-state index is 0. The van der Waals surface area contributed by atoms with Gasteiger partial charge in [0.05, 0.1) is 32.5 Å². The maximum Gasteiger partial charge on any atom is 0.191 e. The van der Waals surface area contributed by atoms with Crippen LogP contribution in [0.2, 0.25) is 0 Å². The highest BCUT2D eigenvalue weighted by molar-refractivity contribution is 14.0. The molecule has 2 heterocycles. The molecule has 7 nitrogen and oxygen atoms in total. The zero-order chi connectivity index (χ0) is 16.5. The number of morpholine rings is 2. The first kappa shape index (κ1) is 21.9. The van der Waals surface area contributed by atoms with Crippen molar-refractivity contribution in [2.45, 2.75) is 26.0 Å². The highest BCUT2D eigenvalue weighted by Gasteiger charge is 2.19. The van der Waals surface area contributed by atoms with Crippen molar-refractivity contribution >= 4 is 29.9 Å². The molecule has 0 radical (unpaired) electrons. The summed E-state index contributed by atoms with van der Waals surface area (Å²) in [5, 5.41) is 6.73. The SMILES string of the molecule is CCNC(=NCC(C)N1CCOCC1)NCC1CN(C)CCO1.I. The number of hydrogen-bond acceptors (Lipinski definition) is 5. The van der Waals surface area contributed by atoms with Gasteiger partial charge in [-0.15, -0.1) is 24.0 Å². The highest BCUT2D eigenvalue weighted by Crippen LogP contribution is 2.04. The monoisotopic (exact) mass is 455 g/mol. The van der Waals surface area contributed by atoms with Gasteiger partial charge in [-0.05, 0) is 20.9 Å². The smallest absolute Gasteiger partial charge is 0.191 e. The zero-order valence-corrected chi connectivity index (χ0v) is 17.6. The lowest BCUT2D eigenvalue weighted by molar-refractivity contribution is -0.0161. The summed E-state index contributed by atoms with van der Waals surface area (Å²) in [5.74, 6) is 0.879. The van der Waals surface area contributed by atoms with Gasteiger partial charge in [-0.1, -0.05) is 0 Å². The molecule has 2 unspecified atom stereocenters. The van der Waals surface area contributed by atoms with Crippen molar-refractivity contribution in [3.05, 3.63) is 0 Å². The van der Waals surface area contributed by atoms with E-state index in [1.165, 1.54) is 0 Å². The molecule has 2 atom stereocenters. The maximum absolute atomic E-state index is 5.79. The number of hydrogen-bond donors (Lipinski definition) is 2. The van der Waals surface area contributed by atoms with Gasteiger partial charge in [-0.25, -0.2) is 0 Å². The summed E-state index contributed by atoms with van der Waals surface area (Å²) in [6.07, 6.45) is 0.231. The Labute approximate surface area is 163 Å². The van der Waals surface area contributed by atoms with Gasteiger partial charge in [0.2, 0.25) is 0 Å². The number of halogens is 1. The molecule has 2 N–H and O–H groups in total. The Kier molecular flexibility index (Phi) is 11.2. The van der Waals surface area contributed by atoms with E-state index in [0.29, 0.717) is 6.04 Å². The molecule has 0 saturated carbocycles. The third kappa shape index (κ3) is 7.81. The summed E-state index contributed by atoms with van der Waals surface area (Å²) in [5.41, 5.74) is 0. The zero-order valence-electron chi connectivity index (χ0n) is 15.3. The Bertz CT molecular complexity index is 366. The standard InChI is InChI=1S/C16H33N5O2.HI/c1-4-17-16(19-12-15-13-20(3)5-10-23-15)18-11-14(2)21-6-8-22-9-7-21;/h14-15H,4-13H2,1-3H3,(H2,17,18,19);1H. The minimum atomic E-state index is 0. The number of nitrogens with zero attached hydrogens (tertiary/aromatic N) is 3. The molecule has 142 valence electrons. The molecular weight excluding hydrogens is 421 g/mol. The molecular formula is C16H34IN5O2. The van der Waals surface area contributed by atoms with Crippen molar-refractivity contribution in [2.75, 3.05) is 72.7 Å². The van der Waals surface area contributed by atoms with Gasteiger partial charge in [-0.2, -0.15) is 0 Å². The van der Waals surface area contributed by atoms with E-state index in [9.17, 15) is 0 Å². The Balaban J connectivity index is 0.00000288. The third-order valence-electron chi connectivity index (χ3n) is 4.37. The van der Waals surface area contributed by atoms with Crippen LogP contribution in [0.15, 0.2) is 4.99 Å². The number of aliphatic imine (C=N–C) groups is 1. The predicted molar refractivity (Wildman–Crippen MR) is 108 cm³/mol. The molecule has 0 aliphatic carbocycles. The second kappa shape index (κ2) is 12.2. The van der Waals surface area contributed by atoms with Crippen LogP contribution in [0.1, 0.15) is 13.8 Å². The summed E-state index contributed by atoms with van der Waals surface area (Å²) < 4.78 is 11.2. The van der Waals surface area contributed by atoms with E-state index in [1.807, 2.05) is 0 Å². The average Bonchev–Trinajstić information content (AvgIpc) is 2.58. The summed E-state index contributed by atoms with van der Waals surface area (Å²) in [6.45, 7) is 13.2. The number of likely N-dealkylation sites (N-methyl/N-ethyl adjacent to an activating group) is 1. The van der Waals surface area contributed by atoms with Gasteiger partial charge >= 0.3 is 0 Å². The summed E-state index contributed by atoms with van der Waals surface area (Å²) in [4.78, 5) is 9.48. The molecule has 24 heavy (non-hydrogen) atoms. The summed E-state index contributed by atoms with van der Waals surface area (Å²) in [6, 6.07) is 0.437. The van der Waals surface area contributed by atoms with E-state index in [4.69, 9.17) is 14.5 Å². The van der Waals surface area contributed by atoms with Crippen molar-refractivity contribution in [3.8, 4) is 0 Å². The van der Waals surface area contributed by atoms with Gasteiger partial charge in [-0.3, -0.25) is 9.89 Å². The van der Waals surface area contributed by atoms with Crippen LogP contribution in [-0.2, 0) is 9.47 Å². The van der Waals surface area contributed by atoms with Crippen molar-refractivity contribution in [3.63, 3.8) is 0 Å². The lowest BCUT2D eigenvalue weighted by Gasteiger charge is -2.32. The van der Waals surface area contributed by atoms with Crippen LogP contribution in [0.5, 0.6) is 0 Å². The van der Waals surface area contributed by atoms with Gasteiger partial charge in [0, 0.05) is 45.3 Å². The van der Waals surface area contributed by atoms with E-state index >= 15 is 0 Å². The number of guanidine groups is 1. The topological polar surface area (TPSA) is 61.4 Å². The van der Waals surface area contributed by atoms with Crippen LogP contribution in [0, 0.1) is 0 Å². The van der Waals surface area contributed by atoms with Gasteiger partial charge < -0.3 is 25.0 Å². The Morgan fingerprint density at radius 2 is 1.96 bits per heavy atom. The molecule has 0 aromatic rings. The minimum Gasteiger partial charge on any atom is -0.379 e. The Hall–Kier alpha value is -0.160. The van der Waals surface area contributed by atoms with E-state index in [2.05, 4.69) is 41.3 Å². The molecule has 2 saturated heterocycles. The number of nitrogens with one attached hydrogen (secondary N) is 2. The molecule has 0 amide bonds. The van der Waals surface area contributed by atoms with Crippen LogP contribution < -0.4 is 10.6 Å². The largest absolute Gasteiger partial charge is 0.379 e. The normalized spacial score (nSPS) is 25.0. The van der Waals surface area contributed by atoms with E-state index in [-0.39, 0.29) is 30.1 Å². The fourth-order valence-electron chi connectivity index (χ4n) is 2.90. The van der Waals surface area contributed by atoms with Crippen LogP contribution in [0.3, 0.4) is 0 Å². The second-order valence-electron chi connectivity index (χ2n) is 6.35. The molecule has 2 aliphatic heterocycles. The van der Waals surface area contributed by atoms with Crippen LogP contribution >= 0.6 is 24.0 Å². The molecule has 2 aliphatic rings. The Morgan fingerprint density at radius 3 is 2.62 bits per heavy atom. The fraction of sp³-hybridized carbons (Fsp3) is 0.938. The van der Waals surface area contributed by atoms with E-state index < -0.39 is 0 Å². The van der Waals surface area contributed by atoms with E-state index in [1.54, 1.807) is 0 Å². The van der Waals surface area contributed by atoms with Crippen molar-refractivity contribution in [1.29, 1.82) is 0 Å². The first-order chi connectivity index (χ1) is 11.2.